The summed E-state index contributed by atoms with van der Waals surface area (Å²) in [5.74, 6) is 0.752. The summed E-state index contributed by atoms with van der Waals surface area (Å²) >= 11 is 9.86. The molecule has 0 bridgehead atoms. The van der Waals surface area contributed by atoms with E-state index in [1.54, 1.807) is 0 Å². The maximum absolute atomic E-state index is 7.31. The number of rotatable bonds is 6. The van der Waals surface area contributed by atoms with Crippen molar-refractivity contribution in [3.05, 3.63) is 88.4 Å². The Morgan fingerprint density at radius 3 is 1.82 bits per heavy atom. The van der Waals surface area contributed by atoms with Gasteiger partial charge in [-0.25, -0.2) is 0 Å². The SMILES string of the molecule is CC(C)(C)[Si](O[C@H]1CC[C@H](Oc2cc(Br)ccc2Cl)CC1)(c1ccccc1)c1ccccc1. The first kappa shape index (κ1) is 24.5. The van der Waals surface area contributed by atoms with Gasteiger partial charge in [0.25, 0.3) is 8.32 Å². The molecule has 174 valence electrons. The van der Waals surface area contributed by atoms with Gasteiger partial charge in [0, 0.05) is 10.6 Å². The predicted octanol–water partition coefficient (Wildman–Crippen LogP) is 7.37. The van der Waals surface area contributed by atoms with Crippen molar-refractivity contribution in [2.45, 2.75) is 63.7 Å². The van der Waals surface area contributed by atoms with Gasteiger partial charge in [0.2, 0.25) is 0 Å². The maximum atomic E-state index is 7.31. The van der Waals surface area contributed by atoms with Crippen LogP contribution in [-0.2, 0) is 4.43 Å². The molecule has 0 unspecified atom stereocenters. The van der Waals surface area contributed by atoms with Crippen LogP contribution >= 0.6 is 27.5 Å². The van der Waals surface area contributed by atoms with Crippen molar-refractivity contribution in [2.75, 3.05) is 0 Å². The van der Waals surface area contributed by atoms with Gasteiger partial charge in [-0.05, 0) is 59.3 Å². The second-order valence-corrected chi connectivity index (χ2v) is 15.4. The fourth-order valence-electron chi connectivity index (χ4n) is 4.96. The summed E-state index contributed by atoms with van der Waals surface area (Å²) in [6.07, 6.45) is 4.28. The van der Waals surface area contributed by atoms with Gasteiger partial charge < -0.3 is 9.16 Å². The van der Waals surface area contributed by atoms with E-state index in [1.807, 2.05) is 18.2 Å². The quantitative estimate of drug-likeness (QED) is 0.302. The molecule has 0 radical (unpaired) electrons. The van der Waals surface area contributed by atoms with Crippen molar-refractivity contribution >= 4 is 46.2 Å². The van der Waals surface area contributed by atoms with Gasteiger partial charge in [0.1, 0.15) is 5.75 Å². The van der Waals surface area contributed by atoms with Gasteiger partial charge in [0.15, 0.2) is 0 Å². The Kier molecular flexibility index (Phi) is 7.69. The van der Waals surface area contributed by atoms with Gasteiger partial charge in [0.05, 0.1) is 11.1 Å². The van der Waals surface area contributed by atoms with Crippen LogP contribution in [0.25, 0.3) is 0 Å². The standard InChI is InChI=1S/C28H32BrClO2Si/c1-28(2,3)33(24-10-6-4-7-11-24,25-12-8-5-9-13-25)32-23-17-15-22(16-18-23)31-27-20-21(29)14-19-26(27)30/h4-14,19-20,22-23H,15-18H2,1-3H3/t22-,23-. The van der Waals surface area contributed by atoms with Crippen LogP contribution in [0.15, 0.2) is 83.3 Å². The average Bonchev–Trinajstić information content (AvgIpc) is 2.81. The highest BCUT2D eigenvalue weighted by atomic mass is 79.9. The molecule has 1 aliphatic carbocycles. The maximum Gasteiger partial charge on any atom is 0.261 e. The van der Waals surface area contributed by atoms with Crippen LogP contribution in [0, 0.1) is 0 Å². The van der Waals surface area contributed by atoms with Gasteiger partial charge in [-0.3, -0.25) is 0 Å². The van der Waals surface area contributed by atoms with Crippen molar-refractivity contribution in [1.29, 1.82) is 0 Å². The Hall–Kier alpha value is -1.59. The van der Waals surface area contributed by atoms with Crippen LogP contribution in [0.5, 0.6) is 5.75 Å². The molecule has 0 aromatic heterocycles. The zero-order chi connectivity index (χ0) is 23.5. The molecule has 0 spiro atoms. The van der Waals surface area contributed by atoms with Crippen LogP contribution in [0.4, 0.5) is 0 Å². The second kappa shape index (κ2) is 10.3. The predicted molar refractivity (Wildman–Crippen MR) is 145 cm³/mol. The first-order chi connectivity index (χ1) is 15.8. The number of hydrogen-bond acceptors (Lipinski definition) is 2. The third-order valence-corrected chi connectivity index (χ3v) is 12.5. The summed E-state index contributed by atoms with van der Waals surface area (Å²) < 4.78 is 14.6. The molecule has 1 fully saturated rings. The Labute approximate surface area is 212 Å². The number of benzene rings is 3. The smallest absolute Gasteiger partial charge is 0.261 e. The van der Waals surface area contributed by atoms with Crippen LogP contribution in [-0.4, -0.2) is 20.5 Å². The lowest BCUT2D eigenvalue weighted by atomic mass is 9.95. The fraction of sp³-hybridized carbons (Fsp3) is 0.357. The Bertz CT molecular complexity index is 1000. The highest BCUT2D eigenvalue weighted by Gasteiger charge is 2.51. The minimum absolute atomic E-state index is 0.00705. The molecule has 0 heterocycles. The van der Waals surface area contributed by atoms with E-state index in [1.165, 1.54) is 10.4 Å². The third-order valence-electron chi connectivity index (χ3n) is 6.57. The molecule has 1 saturated carbocycles. The molecule has 0 saturated heterocycles. The van der Waals surface area contributed by atoms with Crippen molar-refractivity contribution in [3.63, 3.8) is 0 Å². The molecule has 4 rings (SSSR count). The highest BCUT2D eigenvalue weighted by Crippen LogP contribution is 2.40. The van der Waals surface area contributed by atoms with Gasteiger partial charge >= 0.3 is 0 Å². The summed E-state index contributed by atoms with van der Waals surface area (Å²) in [5, 5.41) is 3.32. The van der Waals surface area contributed by atoms with Crippen molar-refractivity contribution < 1.29 is 9.16 Å². The first-order valence-corrected chi connectivity index (χ1v) is 14.8. The van der Waals surface area contributed by atoms with E-state index in [9.17, 15) is 0 Å². The zero-order valence-electron chi connectivity index (χ0n) is 19.6. The molecular formula is C28H32BrClO2Si. The highest BCUT2D eigenvalue weighted by molar-refractivity contribution is 9.10. The van der Waals surface area contributed by atoms with Crippen LogP contribution in [0.3, 0.4) is 0 Å². The van der Waals surface area contributed by atoms with E-state index >= 15 is 0 Å². The lowest BCUT2D eigenvalue weighted by molar-refractivity contribution is 0.0751. The molecule has 5 heteroatoms. The molecule has 0 N–H and O–H groups in total. The summed E-state index contributed by atoms with van der Waals surface area (Å²) in [5.41, 5.74) is 0. The zero-order valence-corrected chi connectivity index (χ0v) is 22.9. The number of ether oxygens (including phenoxy) is 1. The summed E-state index contributed by atoms with van der Waals surface area (Å²) in [6.45, 7) is 7.01. The van der Waals surface area contributed by atoms with E-state index in [2.05, 4.69) is 97.4 Å². The lowest BCUT2D eigenvalue weighted by Gasteiger charge is -2.46. The molecule has 2 nitrogen and oxygen atoms in total. The average molecular weight is 544 g/mol. The monoisotopic (exact) mass is 542 g/mol. The van der Waals surface area contributed by atoms with Gasteiger partial charge in [-0.1, -0.05) is 109 Å². The van der Waals surface area contributed by atoms with Crippen LogP contribution < -0.4 is 15.1 Å². The van der Waals surface area contributed by atoms with Crippen molar-refractivity contribution in [2.24, 2.45) is 0 Å². The first-order valence-electron chi connectivity index (χ1n) is 11.7. The van der Waals surface area contributed by atoms with Gasteiger partial charge in [-0.2, -0.15) is 0 Å². The molecule has 0 aliphatic heterocycles. The lowest BCUT2D eigenvalue weighted by Crippen LogP contribution is -2.67. The van der Waals surface area contributed by atoms with E-state index in [0.717, 1.165) is 35.9 Å². The third kappa shape index (κ3) is 5.40. The minimum Gasteiger partial charge on any atom is -0.489 e. The van der Waals surface area contributed by atoms with E-state index < -0.39 is 8.32 Å². The second-order valence-electron chi connectivity index (χ2n) is 9.87. The molecular weight excluding hydrogens is 512 g/mol. The van der Waals surface area contributed by atoms with Crippen molar-refractivity contribution in [1.82, 2.24) is 0 Å². The molecule has 1 aliphatic rings. The Morgan fingerprint density at radius 2 is 1.30 bits per heavy atom. The molecule has 3 aromatic carbocycles. The van der Waals surface area contributed by atoms with Crippen LogP contribution in [0.1, 0.15) is 46.5 Å². The summed E-state index contributed by atoms with van der Waals surface area (Å²) in [7, 11) is -2.52. The van der Waals surface area contributed by atoms with E-state index in [4.69, 9.17) is 20.8 Å². The summed E-state index contributed by atoms with van der Waals surface area (Å²) in [6, 6.07) is 27.5. The summed E-state index contributed by atoms with van der Waals surface area (Å²) in [4.78, 5) is 0. The van der Waals surface area contributed by atoms with E-state index in [-0.39, 0.29) is 17.2 Å². The van der Waals surface area contributed by atoms with Gasteiger partial charge in [-0.15, -0.1) is 0 Å². The fourth-order valence-corrected chi connectivity index (χ4v) is 10.2. The normalized spacial score (nSPS) is 19.3. The Morgan fingerprint density at radius 1 is 0.788 bits per heavy atom. The largest absolute Gasteiger partial charge is 0.489 e. The van der Waals surface area contributed by atoms with Crippen molar-refractivity contribution in [3.8, 4) is 5.75 Å². The molecule has 0 atom stereocenters. The molecule has 3 aromatic rings. The van der Waals surface area contributed by atoms with E-state index in [0.29, 0.717) is 5.02 Å². The topological polar surface area (TPSA) is 18.5 Å². The minimum atomic E-state index is -2.52. The number of hydrogen-bond donors (Lipinski definition) is 0. The Balaban J connectivity index is 1.56. The molecule has 33 heavy (non-hydrogen) atoms. The number of halogens is 2. The molecule has 0 amide bonds. The van der Waals surface area contributed by atoms with Crippen LogP contribution in [0.2, 0.25) is 10.1 Å².